The molecular weight excluding hydrogens is 281 g/mol. The second-order valence-corrected chi connectivity index (χ2v) is 4.96. The third-order valence-electron chi connectivity index (χ3n) is 3.50. The van der Waals surface area contributed by atoms with Gasteiger partial charge in [0.25, 0.3) is 0 Å². The summed E-state index contributed by atoms with van der Waals surface area (Å²) in [7, 11) is 0. The predicted molar refractivity (Wildman–Crippen MR) is 72.7 cm³/mol. The summed E-state index contributed by atoms with van der Waals surface area (Å²) in [5.41, 5.74) is 0.837. The molecule has 0 aliphatic carbocycles. The first-order valence-corrected chi connectivity index (χ1v) is 6.72. The van der Waals surface area contributed by atoms with Crippen molar-refractivity contribution in [1.29, 1.82) is 0 Å². The van der Waals surface area contributed by atoms with Gasteiger partial charge in [0.15, 0.2) is 5.69 Å². The fourth-order valence-corrected chi connectivity index (χ4v) is 2.09. The average Bonchev–Trinajstić information content (AvgIpc) is 2.95. The highest BCUT2D eigenvalue weighted by molar-refractivity contribution is 5.24. The Kier molecular flexibility index (Phi) is 4.37. The Hall–Kier alpha value is -1.82. The Bertz CT molecular complexity index is 590. The summed E-state index contributed by atoms with van der Waals surface area (Å²) in [6.45, 7) is 3.65. The molecule has 0 spiro atoms. The molecule has 0 fully saturated rings. The lowest BCUT2D eigenvalue weighted by Crippen LogP contribution is -2.17. The number of nitrogens with zero attached hydrogens (tertiary/aromatic N) is 2. The Morgan fingerprint density at radius 1 is 1.19 bits per heavy atom. The number of alkyl halides is 3. The quantitative estimate of drug-likeness (QED) is 0.933. The van der Waals surface area contributed by atoms with Crippen molar-refractivity contribution >= 4 is 0 Å². The van der Waals surface area contributed by atoms with Crippen LogP contribution in [0.2, 0.25) is 0 Å². The second-order valence-electron chi connectivity index (χ2n) is 4.96. The summed E-state index contributed by atoms with van der Waals surface area (Å²) in [5, 5.41) is 13.8. The molecule has 0 amide bonds. The number of aromatic nitrogens is 2. The maximum absolute atomic E-state index is 12.5. The van der Waals surface area contributed by atoms with Crippen molar-refractivity contribution in [2.75, 3.05) is 0 Å². The largest absolute Gasteiger partial charge is 0.435 e. The molecule has 2 aromatic rings. The number of aliphatic hydroxyl groups is 1. The zero-order valence-electron chi connectivity index (χ0n) is 11.8. The van der Waals surface area contributed by atoms with E-state index in [0.717, 1.165) is 22.7 Å². The lowest BCUT2D eigenvalue weighted by atomic mass is 10.0. The molecule has 3 nitrogen and oxygen atoms in total. The standard InChI is InChI=1S/C15H17F3N2O/c1-3-11-4-6-12(7-5-11)14(21)10(2)20-9-8-13(19-20)15(16,17)18/h4-10,14,21H,3H2,1-2H3. The lowest BCUT2D eigenvalue weighted by molar-refractivity contribution is -0.141. The van der Waals surface area contributed by atoms with E-state index in [4.69, 9.17) is 0 Å². The molecule has 1 N–H and O–H groups in total. The highest BCUT2D eigenvalue weighted by atomic mass is 19.4. The maximum atomic E-state index is 12.5. The van der Waals surface area contributed by atoms with Crippen molar-refractivity contribution in [2.24, 2.45) is 0 Å². The van der Waals surface area contributed by atoms with E-state index in [1.165, 1.54) is 6.20 Å². The Morgan fingerprint density at radius 2 is 1.81 bits per heavy atom. The first-order chi connectivity index (χ1) is 9.82. The van der Waals surface area contributed by atoms with Gasteiger partial charge in [0.2, 0.25) is 0 Å². The molecule has 0 saturated carbocycles. The van der Waals surface area contributed by atoms with Crippen LogP contribution in [0, 0.1) is 0 Å². The fraction of sp³-hybridized carbons (Fsp3) is 0.400. The number of aliphatic hydroxyl groups excluding tert-OH is 1. The smallest absolute Gasteiger partial charge is 0.386 e. The van der Waals surface area contributed by atoms with Crippen LogP contribution in [0.3, 0.4) is 0 Å². The molecule has 2 unspecified atom stereocenters. The lowest BCUT2D eigenvalue weighted by Gasteiger charge is -2.20. The summed E-state index contributed by atoms with van der Waals surface area (Å²) in [6, 6.07) is 7.69. The first-order valence-electron chi connectivity index (χ1n) is 6.72. The Balaban J connectivity index is 2.18. The van der Waals surface area contributed by atoms with Crippen molar-refractivity contribution in [3.05, 3.63) is 53.3 Å². The number of aryl methyl sites for hydroxylation is 1. The number of hydrogen-bond acceptors (Lipinski definition) is 2. The molecule has 6 heteroatoms. The van der Waals surface area contributed by atoms with E-state index >= 15 is 0 Å². The van der Waals surface area contributed by atoms with Gasteiger partial charge < -0.3 is 5.11 Å². The van der Waals surface area contributed by atoms with E-state index in [2.05, 4.69) is 5.10 Å². The van der Waals surface area contributed by atoms with Crippen LogP contribution in [-0.2, 0) is 12.6 Å². The van der Waals surface area contributed by atoms with Gasteiger partial charge in [-0.1, -0.05) is 31.2 Å². The molecule has 0 bridgehead atoms. The number of benzene rings is 1. The summed E-state index contributed by atoms with van der Waals surface area (Å²) < 4.78 is 38.7. The van der Waals surface area contributed by atoms with E-state index in [-0.39, 0.29) is 0 Å². The van der Waals surface area contributed by atoms with Crippen molar-refractivity contribution < 1.29 is 18.3 Å². The van der Waals surface area contributed by atoms with Gasteiger partial charge in [-0.3, -0.25) is 4.68 Å². The number of rotatable bonds is 4. The van der Waals surface area contributed by atoms with E-state index in [9.17, 15) is 18.3 Å². The fourth-order valence-electron chi connectivity index (χ4n) is 2.09. The van der Waals surface area contributed by atoms with Gasteiger partial charge in [0, 0.05) is 6.20 Å². The van der Waals surface area contributed by atoms with E-state index < -0.39 is 24.0 Å². The molecule has 2 atom stereocenters. The van der Waals surface area contributed by atoms with Gasteiger partial charge >= 0.3 is 6.18 Å². The van der Waals surface area contributed by atoms with Crippen molar-refractivity contribution in [3.63, 3.8) is 0 Å². The van der Waals surface area contributed by atoms with Crippen LogP contribution in [-0.4, -0.2) is 14.9 Å². The zero-order valence-corrected chi connectivity index (χ0v) is 11.8. The van der Waals surface area contributed by atoms with Crippen LogP contribution < -0.4 is 0 Å². The van der Waals surface area contributed by atoms with Gasteiger partial charge in [-0.25, -0.2) is 0 Å². The highest BCUT2D eigenvalue weighted by Crippen LogP contribution is 2.30. The van der Waals surface area contributed by atoms with Crippen molar-refractivity contribution in [1.82, 2.24) is 9.78 Å². The van der Waals surface area contributed by atoms with Crippen molar-refractivity contribution in [2.45, 2.75) is 38.6 Å². The van der Waals surface area contributed by atoms with Crippen molar-refractivity contribution in [3.8, 4) is 0 Å². The van der Waals surface area contributed by atoms with Crippen LogP contribution >= 0.6 is 0 Å². The average molecular weight is 298 g/mol. The minimum Gasteiger partial charge on any atom is -0.386 e. The van der Waals surface area contributed by atoms with Gasteiger partial charge in [-0.15, -0.1) is 0 Å². The number of halogens is 3. The normalized spacial score (nSPS) is 15.0. The summed E-state index contributed by atoms with van der Waals surface area (Å²) in [5.74, 6) is 0. The van der Waals surface area contributed by atoms with Gasteiger partial charge in [-0.2, -0.15) is 18.3 Å². The molecule has 21 heavy (non-hydrogen) atoms. The molecule has 2 rings (SSSR count). The Morgan fingerprint density at radius 3 is 2.29 bits per heavy atom. The molecule has 0 aliphatic heterocycles. The minimum atomic E-state index is -4.47. The molecule has 0 saturated heterocycles. The second kappa shape index (κ2) is 5.89. The van der Waals surface area contributed by atoms with Crippen LogP contribution in [0.25, 0.3) is 0 Å². The zero-order chi connectivity index (χ0) is 15.6. The molecule has 114 valence electrons. The summed E-state index contributed by atoms with van der Waals surface area (Å²) in [4.78, 5) is 0. The molecule has 0 aliphatic rings. The van der Waals surface area contributed by atoms with Gasteiger partial charge in [-0.05, 0) is 30.5 Å². The Labute approximate surface area is 121 Å². The monoisotopic (exact) mass is 298 g/mol. The topological polar surface area (TPSA) is 38.0 Å². The molecule has 1 aromatic heterocycles. The minimum absolute atomic E-state index is 0.589. The maximum Gasteiger partial charge on any atom is 0.435 e. The van der Waals surface area contributed by atoms with Gasteiger partial charge in [0.05, 0.1) is 6.04 Å². The van der Waals surface area contributed by atoms with E-state index in [1.54, 1.807) is 19.1 Å². The summed E-state index contributed by atoms with van der Waals surface area (Å²) in [6.07, 6.45) is -3.27. The van der Waals surface area contributed by atoms with Crippen LogP contribution in [0.4, 0.5) is 13.2 Å². The highest BCUT2D eigenvalue weighted by Gasteiger charge is 2.34. The molecule has 0 radical (unpaired) electrons. The van der Waals surface area contributed by atoms with Crippen LogP contribution in [0.5, 0.6) is 0 Å². The van der Waals surface area contributed by atoms with Crippen LogP contribution in [0.1, 0.15) is 42.8 Å². The van der Waals surface area contributed by atoms with E-state index in [0.29, 0.717) is 5.56 Å². The predicted octanol–water partition coefficient (Wildman–Crippen LogP) is 3.76. The number of hydrogen-bond donors (Lipinski definition) is 1. The SMILES string of the molecule is CCc1ccc(C(O)C(C)n2ccc(C(F)(F)F)n2)cc1. The van der Waals surface area contributed by atoms with E-state index in [1.807, 2.05) is 19.1 Å². The third kappa shape index (κ3) is 3.44. The van der Waals surface area contributed by atoms with Gasteiger partial charge in [0.1, 0.15) is 6.10 Å². The molecule has 1 aromatic carbocycles. The first kappa shape index (κ1) is 15.6. The molecular formula is C15H17F3N2O. The summed E-state index contributed by atoms with van der Waals surface area (Å²) >= 11 is 0. The third-order valence-corrected chi connectivity index (χ3v) is 3.50. The molecule has 1 heterocycles. The van der Waals surface area contributed by atoms with Crippen LogP contribution in [0.15, 0.2) is 36.5 Å².